The number of carboxylic acids is 1. The molecular formula is C49H86O6. The SMILES string of the molecule is C.CCC[C@@H](C)[C@H]1CC[C@H]2[C@@H]3CC[C@@H]4C[C@H](O)CC[C@]4(C)[C@H]3C[C@@H](O)[C@]12C.C[C@H](CCC(=O)O)[C@H]1CC[C@H]2[C@@H]3CC[C@@H]4C[C@H](O)CC[C@]4(C)[C@H]3C[C@H](O)[C@]12C. The number of hydrogen-bond donors (Lipinski definition) is 5. The van der Waals surface area contributed by atoms with Gasteiger partial charge in [-0.15, -0.1) is 0 Å². The minimum Gasteiger partial charge on any atom is -0.481 e. The van der Waals surface area contributed by atoms with Crippen LogP contribution < -0.4 is 0 Å². The molecular weight excluding hydrogens is 685 g/mol. The van der Waals surface area contributed by atoms with Crippen molar-refractivity contribution in [1.29, 1.82) is 0 Å². The maximum absolute atomic E-state index is 11.5. The lowest BCUT2D eigenvalue weighted by molar-refractivity contribution is -0.175. The van der Waals surface area contributed by atoms with Crippen LogP contribution in [-0.2, 0) is 4.79 Å². The van der Waals surface area contributed by atoms with E-state index in [1.807, 2.05) is 0 Å². The van der Waals surface area contributed by atoms with Crippen LogP contribution in [0.25, 0.3) is 0 Å². The average Bonchev–Trinajstić information content (AvgIpc) is 3.68. The molecule has 0 bridgehead atoms. The molecule has 0 aromatic heterocycles. The zero-order chi connectivity index (χ0) is 39.0. The Morgan fingerprint density at radius 3 is 1.40 bits per heavy atom. The van der Waals surface area contributed by atoms with Crippen molar-refractivity contribution in [2.45, 2.75) is 209 Å². The van der Waals surface area contributed by atoms with E-state index >= 15 is 0 Å². The molecule has 0 aromatic carbocycles. The lowest BCUT2D eigenvalue weighted by atomic mass is 9.43. The van der Waals surface area contributed by atoms with E-state index in [1.54, 1.807) is 0 Å². The fourth-order valence-corrected chi connectivity index (χ4v) is 17.5. The number of aliphatic hydroxyl groups excluding tert-OH is 4. The Balaban J connectivity index is 0.000000184. The predicted octanol–water partition coefficient (Wildman–Crippen LogP) is 10.5. The minimum atomic E-state index is -0.707. The Morgan fingerprint density at radius 2 is 1.00 bits per heavy atom. The summed E-state index contributed by atoms with van der Waals surface area (Å²) >= 11 is 0. The second-order valence-corrected chi connectivity index (χ2v) is 22.4. The van der Waals surface area contributed by atoms with Gasteiger partial charge in [0.25, 0.3) is 0 Å². The monoisotopic (exact) mass is 771 g/mol. The zero-order valence-corrected chi connectivity index (χ0v) is 35.5. The van der Waals surface area contributed by atoms with E-state index in [2.05, 4.69) is 48.5 Å². The molecule has 55 heavy (non-hydrogen) atoms. The van der Waals surface area contributed by atoms with Crippen LogP contribution in [-0.4, -0.2) is 55.9 Å². The molecule has 0 radical (unpaired) electrons. The summed E-state index contributed by atoms with van der Waals surface area (Å²) in [7, 11) is 0. The van der Waals surface area contributed by atoms with Crippen LogP contribution in [0.15, 0.2) is 0 Å². The van der Waals surface area contributed by atoms with Crippen LogP contribution in [0.4, 0.5) is 0 Å². The van der Waals surface area contributed by atoms with Gasteiger partial charge in [0, 0.05) is 6.42 Å². The normalized spacial score (nSPS) is 52.3. The number of aliphatic carboxylic acids is 1. The highest BCUT2D eigenvalue weighted by atomic mass is 16.4. The van der Waals surface area contributed by atoms with Crippen molar-refractivity contribution in [3.05, 3.63) is 0 Å². The van der Waals surface area contributed by atoms with Gasteiger partial charge in [0.05, 0.1) is 24.4 Å². The molecule has 5 N–H and O–H groups in total. The number of hydrogen-bond acceptors (Lipinski definition) is 5. The molecule has 6 heteroatoms. The first-order valence-corrected chi connectivity index (χ1v) is 23.4. The third-order valence-corrected chi connectivity index (χ3v) is 20.6. The van der Waals surface area contributed by atoms with Crippen LogP contribution in [0.1, 0.15) is 184 Å². The fraction of sp³-hybridized carbons (Fsp3) is 0.980. The summed E-state index contributed by atoms with van der Waals surface area (Å²) in [6, 6.07) is 0. The standard InChI is InChI=1S/C24H40O4.C24H42O2.CH4/c1-14(4-9-22(27)28)18-7-8-19-17-6-5-15-12-16(25)10-11-23(15,2)20(17)13-21(26)24(18,19)3;1-5-6-15(2)19-9-10-20-18-8-7-16-13-17(25)11-12-23(16,3)21(18)14-22(26)24(19,20)4;/h14-21,25-26H,4-13H2,1-3H3,(H,27,28);15-22,25-26H,5-14H2,1-4H3;1H4/t14-,15-,16-,17+,18-,19+,20+,21+,23+,24-;15-,16-,17-,18+,19-,20+,21+,22-,23+,24-;/m11./s1. The molecule has 6 nitrogen and oxygen atoms in total. The lowest BCUT2D eigenvalue weighted by Gasteiger charge is -2.62. The van der Waals surface area contributed by atoms with Crippen molar-refractivity contribution >= 4 is 5.97 Å². The number of fused-ring (bicyclic) bond motifs is 10. The average molecular weight is 771 g/mol. The second kappa shape index (κ2) is 16.4. The van der Waals surface area contributed by atoms with Gasteiger partial charge >= 0.3 is 5.97 Å². The quantitative estimate of drug-likeness (QED) is 0.176. The highest BCUT2D eigenvalue weighted by Gasteiger charge is 2.65. The van der Waals surface area contributed by atoms with E-state index in [1.165, 1.54) is 64.2 Å². The maximum Gasteiger partial charge on any atom is 0.303 e. The van der Waals surface area contributed by atoms with Crippen molar-refractivity contribution in [2.75, 3.05) is 0 Å². The topological polar surface area (TPSA) is 118 Å². The van der Waals surface area contributed by atoms with Gasteiger partial charge in [-0.05, 0) is 202 Å². The summed E-state index contributed by atoms with van der Waals surface area (Å²) in [6.07, 6.45) is 21.2. The summed E-state index contributed by atoms with van der Waals surface area (Å²) in [5.41, 5.74) is 0.721. The molecule has 8 saturated carbocycles. The molecule has 0 heterocycles. The summed E-state index contributed by atoms with van der Waals surface area (Å²) in [6.45, 7) is 16.7. The summed E-state index contributed by atoms with van der Waals surface area (Å²) < 4.78 is 0. The first kappa shape index (κ1) is 43.9. The smallest absolute Gasteiger partial charge is 0.303 e. The Hall–Kier alpha value is -0.690. The summed E-state index contributed by atoms with van der Waals surface area (Å²) in [5.74, 6) is 6.92. The molecule has 0 aromatic rings. The van der Waals surface area contributed by atoms with Gasteiger partial charge in [0.1, 0.15) is 0 Å². The largest absolute Gasteiger partial charge is 0.481 e. The van der Waals surface area contributed by atoms with Gasteiger partial charge in [0.15, 0.2) is 0 Å². The van der Waals surface area contributed by atoms with Crippen molar-refractivity contribution in [3.63, 3.8) is 0 Å². The van der Waals surface area contributed by atoms with Gasteiger partial charge in [-0.25, -0.2) is 0 Å². The minimum absolute atomic E-state index is 0. The van der Waals surface area contributed by atoms with E-state index in [0.29, 0.717) is 58.7 Å². The Labute approximate surface area is 336 Å². The molecule has 20 atom stereocenters. The lowest BCUT2D eigenvalue weighted by Crippen LogP contribution is -2.58. The maximum atomic E-state index is 11.5. The van der Waals surface area contributed by atoms with Gasteiger partial charge < -0.3 is 25.5 Å². The van der Waals surface area contributed by atoms with Crippen LogP contribution in [0.3, 0.4) is 0 Å². The third kappa shape index (κ3) is 7.23. The number of carboxylic acid groups (broad SMARTS) is 1. The van der Waals surface area contributed by atoms with Crippen molar-refractivity contribution in [3.8, 4) is 0 Å². The highest BCUT2D eigenvalue weighted by molar-refractivity contribution is 5.66. The molecule has 8 aliphatic carbocycles. The molecule has 8 aliphatic rings. The first-order chi connectivity index (χ1) is 25.5. The molecule has 0 saturated heterocycles. The molecule has 0 amide bonds. The highest BCUT2D eigenvalue weighted by Crippen LogP contribution is 2.70. The van der Waals surface area contributed by atoms with Gasteiger partial charge in [-0.3, -0.25) is 4.79 Å². The van der Waals surface area contributed by atoms with Gasteiger partial charge in [-0.2, -0.15) is 0 Å². The Morgan fingerprint density at radius 1 is 0.582 bits per heavy atom. The van der Waals surface area contributed by atoms with Crippen molar-refractivity contribution < 1.29 is 30.3 Å². The molecule has 8 fully saturated rings. The number of aliphatic hydroxyl groups is 4. The second-order valence-electron chi connectivity index (χ2n) is 22.4. The third-order valence-electron chi connectivity index (χ3n) is 20.6. The molecule has 8 rings (SSSR count). The van der Waals surface area contributed by atoms with Crippen LogP contribution >= 0.6 is 0 Å². The number of carbonyl (C=O) groups is 1. The van der Waals surface area contributed by atoms with Gasteiger partial charge in [-0.1, -0.05) is 68.7 Å². The van der Waals surface area contributed by atoms with E-state index in [-0.39, 0.29) is 54.5 Å². The van der Waals surface area contributed by atoms with E-state index in [9.17, 15) is 25.2 Å². The van der Waals surface area contributed by atoms with E-state index in [0.717, 1.165) is 75.5 Å². The van der Waals surface area contributed by atoms with Gasteiger partial charge in [0.2, 0.25) is 0 Å². The summed E-state index contributed by atoms with van der Waals surface area (Å²) in [4.78, 5) is 11.1. The van der Waals surface area contributed by atoms with Crippen molar-refractivity contribution in [1.82, 2.24) is 0 Å². The van der Waals surface area contributed by atoms with E-state index in [4.69, 9.17) is 5.11 Å². The molecule has 318 valence electrons. The van der Waals surface area contributed by atoms with Crippen LogP contribution in [0.2, 0.25) is 0 Å². The van der Waals surface area contributed by atoms with Crippen LogP contribution in [0, 0.1) is 92.7 Å². The number of rotatable bonds is 7. The zero-order valence-electron chi connectivity index (χ0n) is 35.5. The fourth-order valence-electron chi connectivity index (χ4n) is 17.5. The Bertz CT molecular complexity index is 1320. The van der Waals surface area contributed by atoms with Crippen molar-refractivity contribution in [2.24, 2.45) is 92.7 Å². The molecule has 0 aliphatic heterocycles. The first-order valence-electron chi connectivity index (χ1n) is 23.4. The Kier molecular flexibility index (Phi) is 13.1. The summed E-state index contributed by atoms with van der Waals surface area (Å²) in [5, 5.41) is 52.4. The predicted molar refractivity (Wildman–Crippen MR) is 222 cm³/mol. The molecule has 0 unspecified atom stereocenters. The molecule has 0 spiro atoms. The van der Waals surface area contributed by atoms with Crippen LogP contribution in [0.5, 0.6) is 0 Å². The van der Waals surface area contributed by atoms with E-state index < -0.39 is 5.97 Å².